The Labute approximate surface area is 373 Å². The number of carboxylic acid groups (broad SMARTS) is 1. The zero-order chi connectivity index (χ0) is 46.3. The number of carbonyl (C=O) groups excluding carboxylic acids is 2. The van der Waals surface area contributed by atoms with Crippen LogP contribution in [0, 0.1) is 17.0 Å². The molecular formula is C42H40Cl2F5N3O11S. The number of hydrogen-bond donors (Lipinski definition) is 2. The Morgan fingerprint density at radius 1 is 0.906 bits per heavy atom. The Bertz CT molecular complexity index is 2400. The van der Waals surface area contributed by atoms with Crippen LogP contribution in [0.3, 0.4) is 0 Å². The van der Waals surface area contributed by atoms with Gasteiger partial charge in [-0.05, 0) is 92.1 Å². The van der Waals surface area contributed by atoms with Gasteiger partial charge in [-0.1, -0.05) is 65.7 Å². The number of ether oxygens (including phenoxy) is 4. The zero-order valence-electron chi connectivity index (χ0n) is 33.4. The summed E-state index contributed by atoms with van der Waals surface area (Å²) in [4.78, 5) is 38.4. The lowest BCUT2D eigenvalue weighted by Crippen LogP contribution is -2.52. The number of aliphatic carboxylic acids is 1. The molecule has 1 aromatic heterocycles. The van der Waals surface area contributed by atoms with Crippen LogP contribution in [0.25, 0.3) is 0 Å². The van der Waals surface area contributed by atoms with Gasteiger partial charge in [-0.3, -0.25) is 4.90 Å². The Hall–Kier alpha value is -5.28. The van der Waals surface area contributed by atoms with Crippen molar-refractivity contribution in [2.75, 3.05) is 26.2 Å². The van der Waals surface area contributed by atoms with Gasteiger partial charge in [0.1, 0.15) is 28.3 Å². The third-order valence-corrected chi connectivity index (χ3v) is 12.6. The van der Waals surface area contributed by atoms with Gasteiger partial charge >= 0.3 is 30.7 Å². The SMILES string of the molecule is O=C(O)C(F)(F)F.O=C(OC(Cc1c(Cl)c[n+]([O-])cc1Cl)c1ccc(OC(F)F)c(OCC2CC2)c1)c1cccc(S(=O)(=O)NC(C(=O)O[C@H]2CN3CCC2CC3)c2ccccc2)c1. The largest absolute Gasteiger partial charge is 0.619 e. The number of alkyl halides is 5. The summed E-state index contributed by atoms with van der Waals surface area (Å²) in [7, 11) is -4.46. The standard InChI is InChI=1S/C40H39Cl2F2N3O9S.C2HF3O2/c41-31-20-47(50)21-32(42)30(31)19-34(27-11-12-33(56-40(43)44)35(18-27)53-23-24-9-10-24)54-38(48)28-7-4-8-29(17-28)57(51,52)45-37(26-5-2-1-3-6-26)39(49)55-36-22-46-15-13-25(36)14-16-46;3-2(4,5)1(6)7/h1-8,11-12,17-18,20-21,24-25,34,36-37,40,45H,9-10,13-16,19,22-23H2;(H,6,7)/t34?,36-,37?;/m0./s1. The number of aromatic nitrogens is 1. The molecule has 3 aromatic carbocycles. The number of nitrogens with one attached hydrogen (secondary N) is 1. The lowest BCUT2D eigenvalue weighted by molar-refractivity contribution is -0.605. The summed E-state index contributed by atoms with van der Waals surface area (Å²) < 4.78 is 112. The minimum Gasteiger partial charge on any atom is -0.619 e. The maximum absolute atomic E-state index is 13.9. The van der Waals surface area contributed by atoms with Crippen LogP contribution in [0.4, 0.5) is 22.0 Å². The molecule has 1 aliphatic carbocycles. The van der Waals surface area contributed by atoms with Crippen molar-refractivity contribution in [3.8, 4) is 11.5 Å². The Morgan fingerprint density at radius 3 is 2.14 bits per heavy atom. The van der Waals surface area contributed by atoms with Crippen molar-refractivity contribution in [1.82, 2.24) is 9.62 Å². The first kappa shape index (κ1) is 48.2. The van der Waals surface area contributed by atoms with Crippen LogP contribution in [0.2, 0.25) is 10.0 Å². The van der Waals surface area contributed by atoms with E-state index < -0.39 is 52.9 Å². The molecule has 0 spiro atoms. The van der Waals surface area contributed by atoms with Gasteiger partial charge in [-0.25, -0.2) is 22.8 Å². The maximum atomic E-state index is 13.9. The Balaban J connectivity index is 0.000000898. The van der Waals surface area contributed by atoms with Crippen LogP contribution in [0.15, 0.2) is 90.1 Å². The monoisotopic (exact) mass is 959 g/mol. The van der Waals surface area contributed by atoms with Crippen LogP contribution in [0.5, 0.6) is 11.5 Å². The first-order valence-electron chi connectivity index (χ1n) is 19.7. The van der Waals surface area contributed by atoms with Crippen molar-refractivity contribution in [1.29, 1.82) is 0 Å². The molecule has 64 heavy (non-hydrogen) atoms. The number of benzene rings is 3. The number of halogens is 7. The highest BCUT2D eigenvalue weighted by Gasteiger charge is 2.40. The second-order valence-electron chi connectivity index (χ2n) is 15.1. The number of fused-ring (bicyclic) bond motifs is 3. The summed E-state index contributed by atoms with van der Waals surface area (Å²) in [6.07, 6.45) is -1.05. The highest BCUT2D eigenvalue weighted by molar-refractivity contribution is 7.89. The summed E-state index contributed by atoms with van der Waals surface area (Å²) in [5.41, 5.74) is 0.727. The number of rotatable bonds is 16. The third kappa shape index (κ3) is 12.9. The molecule has 2 bridgehead atoms. The van der Waals surface area contributed by atoms with Crippen molar-refractivity contribution in [2.24, 2.45) is 11.8 Å². The molecule has 344 valence electrons. The third-order valence-electron chi connectivity index (χ3n) is 10.6. The molecule has 4 fully saturated rings. The molecule has 4 aromatic rings. The number of hydrogen-bond acceptors (Lipinski definition) is 11. The van der Waals surface area contributed by atoms with E-state index in [9.17, 15) is 45.2 Å². The summed E-state index contributed by atoms with van der Waals surface area (Å²) in [6.45, 7) is -0.434. The molecule has 3 saturated heterocycles. The molecule has 22 heteroatoms. The minimum atomic E-state index is -5.08. The van der Waals surface area contributed by atoms with Crippen LogP contribution in [-0.4, -0.2) is 81.5 Å². The van der Waals surface area contributed by atoms with Crippen LogP contribution in [-0.2, 0) is 35.5 Å². The molecule has 2 N–H and O–H groups in total. The normalized spacial score (nSPS) is 19.2. The number of pyridine rings is 1. The molecular weight excluding hydrogens is 920 g/mol. The summed E-state index contributed by atoms with van der Waals surface area (Å²) >= 11 is 12.8. The van der Waals surface area contributed by atoms with E-state index in [1.54, 1.807) is 30.3 Å². The van der Waals surface area contributed by atoms with Gasteiger partial charge in [-0.2, -0.15) is 31.4 Å². The average molecular weight is 961 g/mol. The first-order chi connectivity index (χ1) is 30.3. The van der Waals surface area contributed by atoms with Crippen molar-refractivity contribution >= 4 is 51.1 Å². The molecule has 3 aliphatic heterocycles. The Morgan fingerprint density at radius 2 is 1.56 bits per heavy atom. The van der Waals surface area contributed by atoms with Gasteiger partial charge in [0.25, 0.3) is 0 Å². The highest BCUT2D eigenvalue weighted by Crippen LogP contribution is 2.38. The number of piperidine rings is 3. The van der Waals surface area contributed by atoms with E-state index in [0.717, 1.165) is 57.2 Å². The van der Waals surface area contributed by atoms with Crippen molar-refractivity contribution in [3.05, 3.63) is 123 Å². The minimum absolute atomic E-state index is 0.0115. The second-order valence-corrected chi connectivity index (χ2v) is 17.7. The fourth-order valence-corrected chi connectivity index (χ4v) is 8.85. The molecule has 14 nitrogen and oxygen atoms in total. The van der Waals surface area contributed by atoms with Crippen LogP contribution < -0.4 is 18.9 Å². The lowest BCUT2D eigenvalue weighted by Gasteiger charge is -2.44. The molecule has 4 heterocycles. The Kier molecular flexibility index (Phi) is 15.6. The van der Waals surface area contributed by atoms with Crippen molar-refractivity contribution in [2.45, 2.75) is 68.0 Å². The predicted molar refractivity (Wildman–Crippen MR) is 217 cm³/mol. The smallest absolute Gasteiger partial charge is 0.490 e. The van der Waals surface area contributed by atoms with E-state index in [2.05, 4.69) is 14.4 Å². The summed E-state index contributed by atoms with van der Waals surface area (Å²) in [5.74, 6) is -4.24. The van der Waals surface area contributed by atoms with E-state index in [4.69, 9.17) is 47.3 Å². The van der Waals surface area contributed by atoms with Crippen molar-refractivity contribution in [3.63, 3.8) is 0 Å². The van der Waals surface area contributed by atoms with Crippen molar-refractivity contribution < 1.29 is 73.5 Å². The van der Waals surface area contributed by atoms with E-state index in [1.165, 1.54) is 36.4 Å². The fourth-order valence-electron chi connectivity index (χ4n) is 7.03. The van der Waals surface area contributed by atoms with Gasteiger partial charge in [0.2, 0.25) is 10.0 Å². The molecule has 3 atom stereocenters. The predicted octanol–water partition coefficient (Wildman–Crippen LogP) is 7.45. The lowest BCUT2D eigenvalue weighted by atomic mass is 9.86. The van der Waals surface area contributed by atoms with Gasteiger partial charge in [0, 0.05) is 18.5 Å². The highest BCUT2D eigenvalue weighted by atomic mass is 35.5. The van der Waals surface area contributed by atoms with E-state index >= 15 is 0 Å². The van der Waals surface area contributed by atoms with Gasteiger partial charge in [0.05, 0.1) is 17.1 Å². The number of sulfonamides is 1. The molecule has 2 unspecified atom stereocenters. The van der Waals surface area contributed by atoms with Crippen LogP contribution >= 0.6 is 23.2 Å². The average Bonchev–Trinajstić information content (AvgIpc) is 4.08. The second kappa shape index (κ2) is 20.7. The molecule has 0 radical (unpaired) electrons. The van der Waals surface area contributed by atoms with E-state index in [1.807, 2.05) is 0 Å². The van der Waals surface area contributed by atoms with Crippen LogP contribution in [0.1, 0.15) is 64.9 Å². The van der Waals surface area contributed by atoms with E-state index in [0.29, 0.717) is 16.8 Å². The number of nitrogens with zero attached hydrogens (tertiary/aromatic N) is 2. The quantitative estimate of drug-likeness (QED) is 0.0490. The molecule has 4 aliphatic rings. The topological polar surface area (TPSA) is 185 Å². The number of carbonyl (C=O) groups is 3. The summed E-state index contributed by atoms with van der Waals surface area (Å²) in [5, 5.41) is 19.1. The molecule has 0 amide bonds. The zero-order valence-corrected chi connectivity index (χ0v) is 35.7. The first-order valence-corrected chi connectivity index (χ1v) is 21.9. The van der Waals surface area contributed by atoms with Gasteiger partial charge < -0.3 is 29.3 Å². The number of esters is 2. The number of carboxylic acids is 1. The fraction of sp³-hybridized carbons (Fsp3) is 0.381. The molecule has 8 rings (SSSR count). The summed E-state index contributed by atoms with van der Waals surface area (Å²) in [6, 6.07) is 16.1. The van der Waals surface area contributed by atoms with Gasteiger partial charge in [0.15, 0.2) is 23.9 Å². The maximum Gasteiger partial charge on any atom is 0.490 e. The van der Waals surface area contributed by atoms with Gasteiger partial charge in [-0.15, -0.1) is 0 Å². The van der Waals surface area contributed by atoms with E-state index in [-0.39, 0.29) is 74.1 Å². The molecule has 1 saturated carbocycles.